The van der Waals surface area contributed by atoms with Crippen molar-refractivity contribution in [3.05, 3.63) is 53.1 Å². The first kappa shape index (κ1) is 17.5. The largest absolute Gasteiger partial charge is 0.348 e. The number of imidazole rings is 1. The summed E-state index contributed by atoms with van der Waals surface area (Å²) in [5.41, 5.74) is 8.28. The van der Waals surface area contributed by atoms with E-state index >= 15 is 0 Å². The number of nitriles is 1. The lowest BCUT2D eigenvalue weighted by Crippen LogP contribution is -2.02. The second-order valence-electron chi connectivity index (χ2n) is 3.86. The van der Waals surface area contributed by atoms with Gasteiger partial charge in [-0.15, -0.1) is 24.8 Å². The Kier molecular flexibility index (Phi) is 7.85. The maximum Gasteiger partial charge on any atom is 0.110 e. The van der Waals surface area contributed by atoms with E-state index in [4.69, 9.17) is 11.0 Å². The van der Waals surface area contributed by atoms with Gasteiger partial charge in [0.2, 0.25) is 0 Å². The van der Waals surface area contributed by atoms with Crippen LogP contribution < -0.4 is 5.73 Å². The van der Waals surface area contributed by atoms with Gasteiger partial charge in [-0.25, -0.2) is 4.98 Å². The van der Waals surface area contributed by atoms with Crippen LogP contribution in [0, 0.1) is 11.3 Å². The van der Waals surface area contributed by atoms with Gasteiger partial charge in [-0.1, -0.05) is 12.1 Å². The van der Waals surface area contributed by atoms with Gasteiger partial charge in [0.05, 0.1) is 17.3 Å². The first-order chi connectivity index (χ1) is 8.31. The highest BCUT2D eigenvalue weighted by Gasteiger charge is 2.02. The van der Waals surface area contributed by atoms with Crippen LogP contribution in [-0.2, 0) is 12.8 Å². The molecule has 0 aliphatic carbocycles. The lowest BCUT2D eigenvalue weighted by molar-refractivity contribution is 0.919. The third kappa shape index (κ3) is 4.92. The topological polar surface area (TPSA) is 78.5 Å². The molecular formula is C13H16Cl2N4. The highest BCUT2D eigenvalue weighted by Crippen LogP contribution is 2.08. The molecule has 0 saturated heterocycles. The van der Waals surface area contributed by atoms with E-state index in [9.17, 15) is 0 Å². The van der Waals surface area contributed by atoms with Gasteiger partial charge in [0.1, 0.15) is 5.82 Å². The van der Waals surface area contributed by atoms with E-state index in [0.29, 0.717) is 12.1 Å². The van der Waals surface area contributed by atoms with E-state index in [1.165, 1.54) is 0 Å². The van der Waals surface area contributed by atoms with Gasteiger partial charge < -0.3 is 10.7 Å². The number of nitrogens with zero attached hydrogens (tertiary/aromatic N) is 2. The summed E-state index contributed by atoms with van der Waals surface area (Å²) in [6.07, 6.45) is 3.44. The quantitative estimate of drug-likeness (QED) is 0.908. The summed E-state index contributed by atoms with van der Waals surface area (Å²) in [5.74, 6) is 0.929. The van der Waals surface area contributed by atoms with Gasteiger partial charge in [0.15, 0.2) is 0 Å². The van der Waals surface area contributed by atoms with E-state index in [0.717, 1.165) is 29.9 Å². The predicted molar refractivity (Wildman–Crippen MR) is 79.8 cm³/mol. The van der Waals surface area contributed by atoms with E-state index in [1.807, 2.05) is 30.5 Å². The Morgan fingerprint density at radius 2 is 1.89 bits per heavy atom. The number of halogens is 2. The van der Waals surface area contributed by atoms with Crippen LogP contribution in [-0.4, -0.2) is 16.5 Å². The Bertz CT molecular complexity index is 528. The third-order valence-electron chi connectivity index (χ3n) is 2.54. The highest BCUT2D eigenvalue weighted by molar-refractivity contribution is 5.85. The summed E-state index contributed by atoms with van der Waals surface area (Å²) in [6.45, 7) is 0.612. The van der Waals surface area contributed by atoms with Crippen molar-refractivity contribution in [1.82, 2.24) is 9.97 Å². The zero-order chi connectivity index (χ0) is 12.1. The van der Waals surface area contributed by atoms with Crippen LogP contribution in [0.15, 0.2) is 30.5 Å². The van der Waals surface area contributed by atoms with E-state index in [1.54, 1.807) is 0 Å². The first-order valence-corrected chi connectivity index (χ1v) is 5.54. The minimum Gasteiger partial charge on any atom is -0.348 e. The molecule has 0 radical (unpaired) electrons. The summed E-state index contributed by atoms with van der Waals surface area (Å²) in [5, 5.41) is 8.70. The highest BCUT2D eigenvalue weighted by atomic mass is 35.5. The molecule has 1 aromatic carbocycles. The molecule has 0 unspecified atom stereocenters. The Labute approximate surface area is 124 Å². The van der Waals surface area contributed by atoms with E-state index in [2.05, 4.69) is 16.0 Å². The molecule has 0 bridgehead atoms. The number of aromatic amines is 1. The monoisotopic (exact) mass is 298 g/mol. The fourth-order valence-electron chi connectivity index (χ4n) is 1.66. The summed E-state index contributed by atoms with van der Waals surface area (Å²) in [4.78, 5) is 7.57. The molecule has 19 heavy (non-hydrogen) atoms. The summed E-state index contributed by atoms with van der Waals surface area (Å²) < 4.78 is 0. The minimum atomic E-state index is 0. The summed E-state index contributed by atoms with van der Waals surface area (Å²) in [6, 6.07) is 9.63. The Morgan fingerprint density at radius 3 is 2.47 bits per heavy atom. The maximum absolute atomic E-state index is 8.70. The molecular weight excluding hydrogens is 283 g/mol. The molecule has 1 aromatic heterocycles. The molecule has 102 valence electrons. The predicted octanol–water partition coefficient (Wildman–Crippen LogP) is 2.22. The fraction of sp³-hybridized carbons (Fsp3) is 0.231. The molecule has 2 aromatic rings. The molecule has 1 heterocycles. The van der Waals surface area contributed by atoms with Crippen LogP contribution in [0.1, 0.15) is 22.6 Å². The van der Waals surface area contributed by atoms with Crippen LogP contribution >= 0.6 is 24.8 Å². The van der Waals surface area contributed by atoms with Crippen molar-refractivity contribution < 1.29 is 0 Å². The number of benzene rings is 1. The van der Waals surface area contributed by atoms with Crippen molar-refractivity contribution in [3.8, 4) is 6.07 Å². The van der Waals surface area contributed by atoms with E-state index in [-0.39, 0.29) is 24.8 Å². The Morgan fingerprint density at radius 1 is 1.21 bits per heavy atom. The van der Waals surface area contributed by atoms with Crippen molar-refractivity contribution in [1.29, 1.82) is 5.26 Å². The molecule has 0 aliphatic rings. The molecule has 3 N–H and O–H groups in total. The van der Waals surface area contributed by atoms with Crippen LogP contribution in [0.5, 0.6) is 0 Å². The average molecular weight is 299 g/mol. The second kappa shape index (κ2) is 8.54. The average Bonchev–Trinajstić information content (AvgIpc) is 2.78. The van der Waals surface area contributed by atoms with Crippen LogP contribution in [0.2, 0.25) is 0 Å². The van der Waals surface area contributed by atoms with Crippen molar-refractivity contribution in [2.75, 3.05) is 6.54 Å². The van der Waals surface area contributed by atoms with E-state index < -0.39 is 0 Å². The van der Waals surface area contributed by atoms with Crippen LogP contribution in [0.25, 0.3) is 0 Å². The zero-order valence-corrected chi connectivity index (χ0v) is 11.9. The lowest BCUT2D eigenvalue weighted by Gasteiger charge is -1.98. The van der Waals surface area contributed by atoms with Gasteiger partial charge in [-0.2, -0.15) is 5.26 Å². The first-order valence-electron chi connectivity index (χ1n) is 5.54. The number of H-pyrrole nitrogens is 1. The molecule has 0 atom stereocenters. The van der Waals surface area contributed by atoms with Crippen molar-refractivity contribution in [2.45, 2.75) is 12.8 Å². The number of rotatable bonds is 4. The van der Waals surface area contributed by atoms with Crippen molar-refractivity contribution in [2.24, 2.45) is 5.73 Å². The normalized spacial score (nSPS) is 9.05. The Hall–Kier alpha value is -1.54. The molecule has 0 fully saturated rings. The van der Waals surface area contributed by atoms with Gasteiger partial charge in [0.25, 0.3) is 0 Å². The summed E-state index contributed by atoms with van der Waals surface area (Å²) >= 11 is 0. The van der Waals surface area contributed by atoms with Crippen molar-refractivity contribution >= 4 is 24.8 Å². The van der Waals surface area contributed by atoms with Gasteiger partial charge >= 0.3 is 0 Å². The van der Waals surface area contributed by atoms with Gasteiger partial charge in [-0.05, 0) is 24.2 Å². The lowest BCUT2D eigenvalue weighted by atomic mass is 10.1. The SMILES string of the molecule is Cl.Cl.N#Cc1ccc(Cc2nc(CCN)c[nH]2)cc1. The Balaban J connectivity index is 0.00000162. The molecule has 0 saturated carbocycles. The van der Waals surface area contributed by atoms with Crippen LogP contribution in [0.3, 0.4) is 0 Å². The summed E-state index contributed by atoms with van der Waals surface area (Å²) in [7, 11) is 0. The molecule has 4 nitrogen and oxygen atoms in total. The number of hydrogen-bond donors (Lipinski definition) is 2. The van der Waals surface area contributed by atoms with Gasteiger partial charge in [-0.3, -0.25) is 0 Å². The zero-order valence-electron chi connectivity index (χ0n) is 10.3. The van der Waals surface area contributed by atoms with Crippen molar-refractivity contribution in [3.63, 3.8) is 0 Å². The number of aromatic nitrogens is 2. The van der Waals surface area contributed by atoms with Gasteiger partial charge in [0, 0.05) is 19.0 Å². The number of hydrogen-bond acceptors (Lipinski definition) is 3. The van der Waals surface area contributed by atoms with Crippen LogP contribution in [0.4, 0.5) is 0 Å². The molecule has 2 rings (SSSR count). The minimum absolute atomic E-state index is 0. The second-order valence-corrected chi connectivity index (χ2v) is 3.86. The standard InChI is InChI=1S/C13H14N4.2ClH/c14-6-5-12-9-16-13(17-12)7-10-1-3-11(8-15)4-2-10;;/h1-4,9H,5-7,14H2,(H,16,17);2*1H. The smallest absolute Gasteiger partial charge is 0.110 e. The number of nitrogens with two attached hydrogens (primary N) is 1. The molecule has 0 spiro atoms. The fourth-order valence-corrected chi connectivity index (χ4v) is 1.66. The maximum atomic E-state index is 8.70. The third-order valence-corrected chi connectivity index (χ3v) is 2.54. The number of nitrogens with one attached hydrogen (secondary N) is 1. The molecule has 0 amide bonds. The molecule has 6 heteroatoms. The molecule has 0 aliphatic heterocycles.